The van der Waals surface area contributed by atoms with Crippen LogP contribution in [0, 0.1) is 6.92 Å². The topological polar surface area (TPSA) is 70.5 Å². The Bertz CT molecular complexity index is 738. The summed E-state index contributed by atoms with van der Waals surface area (Å²) < 4.78 is 0. The zero-order valence-electron chi connectivity index (χ0n) is 12.2. The van der Waals surface area contributed by atoms with E-state index in [9.17, 15) is 9.59 Å². The third-order valence-corrected chi connectivity index (χ3v) is 3.86. The number of amides is 1. The average Bonchev–Trinajstić information content (AvgIpc) is 2.93. The SMILES string of the molecule is Cc1nc(N2CCCC2=O)ccc1-c1ccc(C(=O)O)cc1. The normalized spacial score (nSPS) is 14.4. The number of aryl methyl sites for hydroxylation is 1. The van der Waals surface area contributed by atoms with E-state index in [1.807, 2.05) is 19.1 Å². The third kappa shape index (κ3) is 2.57. The smallest absolute Gasteiger partial charge is 0.335 e. The van der Waals surface area contributed by atoms with Gasteiger partial charge in [-0.15, -0.1) is 0 Å². The summed E-state index contributed by atoms with van der Waals surface area (Å²) in [7, 11) is 0. The number of hydrogen-bond acceptors (Lipinski definition) is 3. The monoisotopic (exact) mass is 296 g/mol. The maximum absolute atomic E-state index is 11.8. The first-order valence-corrected chi connectivity index (χ1v) is 7.18. The molecule has 0 saturated carbocycles. The van der Waals surface area contributed by atoms with Crippen LogP contribution >= 0.6 is 0 Å². The van der Waals surface area contributed by atoms with Gasteiger partial charge in [0.15, 0.2) is 0 Å². The number of rotatable bonds is 3. The van der Waals surface area contributed by atoms with Crippen molar-refractivity contribution in [3.05, 3.63) is 47.7 Å². The van der Waals surface area contributed by atoms with Gasteiger partial charge in [-0.25, -0.2) is 9.78 Å². The molecule has 0 radical (unpaired) electrons. The van der Waals surface area contributed by atoms with Crippen LogP contribution in [-0.2, 0) is 4.79 Å². The zero-order valence-corrected chi connectivity index (χ0v) is 12.2. The Labute approximate surface area is 128 Å². The molecule has 0 aliphatic carbocycles. The van der Waals surface area contributed by atoms with Crippen LogP contribution in [0.15, 0.2) is 36.4 Å². The van der Waals surface area contributed by atoms with E-state index in [2.05, 4.69) is 4.98 Å². The highest BCUT2D eigenvalue weighted by molar-refractivity contribution is 5.94. The Morgan fingerprint density at radius 3 is 2.45 bits per heavy atom. The van der Waals surface area contributed by atoms with E-state index in [4.69, 9.17) is 5.11 Å². The molecule has 2 aromatic rings. The zero-order chi connectivity index (χ0) is 15.7. The van der Waals surface area contributed by atoms with Gasteiger partial charge in [0.25, 0.3) is 0 Å². The summed E-state index contributed by atoms with van der Waals surface area (Å²) in [4.78, 5) is 28.9. The average molecular weight is 296 g/mol. The molecular formula is C17H16N2O3. The molecule has 22 heavy (non-hydrogen) atoms. The van der Waals surface area contributed by atoms with Crippen molar-refractivity contribution in [3.8, 4) is 11.1 Å². The number of hydrogen-bond donors (Lipinski definition) is 1. The van der Waals surface area contributed by atoms with Crippen molar-refractivity contribution in [2.24, 2.45) is 0 Å². The predicted molar refractivity (Wildman–Crippen MR) is 83.0 cm³/mol. The van der Waals surface area contributed by atoms with E-state index in [0.717, 1.165) is 29.8 Å². The van der Waals surface area contributed by atoms with Crippen LogP contribution in [0.1, 0.15) is 28.9 Å². The van der Waals surface area contributed by atoms with Gasteiger partial charge in [-0.2, -0.15) is 0 Å². The third-order valence-electron chi connectivity index (χ3n) is 3.86. The minimum Gasteiger partial charge on any atom is -0.478 e. The van der Waals surface area contributed by atoms with E-state index in [1.165, 1.54) is 0 Å². The summed E-state index contributed by atoms with van der Waals surface area (Å²) in [6.45, 7) is 2.61. The van der Waals surface area contributed by atoms with Gasteiger partial charge in [0.2, 0.25) is 5.91 Å². The van der Waals surface area contributed by atoms with Crippen molar-refractivity contribution < 1.29 is 14.7 Å². The number of carbonyl (C=O) groups excluding carboxylic acids is 1. The number of carbonyl (C=O) groups is 2. The molecule has 1 fully saturated rings. The van der Waals surface area contributed by atoms with E-state index >= 15 is 0 Å². The summed E-state index contributed by atoms with van der Waals surface area (Å²) in [5.41, 5.74) is 2.93. The fraction of sp³-hybridized carbons (Fsp3) is 0.235. The van der Waals surface area contributed by atoms with E-state index < -0.39 is 5.97 Å². The number of anilines is 1. The number of nitrogens with zero attached hydrogens (tertiary/aromatic N) is 2. The van der Waals surface area contributed by atoms with Crippen LogP contribution in [0.25, 0.3) is 11.1 Å². The van der Waals surface area contributed by atoms with Crippen molar-refractivity contribution in [1.82, 2.24) is 4.98 Å². The van der Waals surface area contributed by atoms with Gasteiger partial charge in [0.1, 0.15) is 5.82 Å². The Hall–Kier alpha value is -2.69. The van der Waals surface area contributed by atoms with E-state index in [1.54, 1.807) is 29.2 Å². The first kappa shape index (κ1) is 14.3. The molecule has 112 valence electrons. The molecule has 1 N–H and O–H groups in total. The second-order valence-corrected chi connectivity index (χ2v) is 5.33. The lowest BCUT2D eigenvalue weighted by molar-refractivity contribution is -0.117. The Morgan fingerprint density at radius 2 is 1.91 bits per heavy atom. The van der Waals surface area contributed by atoms with Gasteiger partial charge in [-0.05, 0) is 43.2 Å². The van der Waals surface area contributed by atoms with Crippen LogP contribution in [-0.4, -0.2) is 28.5 Å². The number of carboxylic acids is 1. The lowest BCUT2D eigenvalue weighted by atomic mass is 10.0. The fourth-order valence-electron chi connectivity index (χ4n) is 2.69. The van der Waals surface area contributed by atoms with Gasteiger partial charge in [-0.3, -0.25) is 9.69 Å². The fourth-order valence-corrected chi connectivity index (χ4v) is 2.69. The molecule has 0 bridgehead atoms. The van der Waals surface area contributed by atoms with Gasteiger partial charge in [0.05, 0.1) is 5.56 Å². The molecule has 0 unspecified atom stereocenters. The molecule has 3 rings (SSSR count). The molecule has 1 aromatic heterocycles. The molecule has 1 saturated heterocycles. The van der Waals surface area contributed by atoms with Crippen LogP contribution in [0.5, 0.6) is 0 Å². The molecule has 5 nitrogen and oxygen atoms in total. The number of carboxylic acid groups (broad SMARTS) is 1. The number of benzene rings is 1. The van der Waals surface area contributed by atoms with Crippen molar-refractivity contribution in [1.29, 1.82) is 0 Å². The molecule has 1 aliphatic heterocycles. The highest BCUT2D eigenvalue weighted by atomic mass is 16.4. The van der Waals surface area contributed by atoms with Crippen molar-refractivity contribution in [2.75, 3.05) is 11.4 Å². The van der Waals surface area contributed by atoms with Crippen molar-refractivity contribution >= 4 is 17.7 Å². The number of aromatic nitrogens is 1. The van der Waals surface area contributed by atoms with E-state index in [0.29, 0.717) is 12.2 Å². The molecule has 1 aliphatic rings. The number of pyridine rings is 1. The summed E-state index contributed by atoms with van der Waals surface area (Å²) in [6.07, 6.45) is 1.46. The Kier molecular flexibility index (Phi) is 3.63. The van der Waals surface area contributed by atoms with Crippen LogP contribution < -0.4 is 4.90 Å². The second-order valence-electron chi connectivity index (χ2n) is 5.33. The van der Waals surface area contributed by atoms with Crippen LogP contribution in [0.3, 0.4) is 0 Å². The minimum absolute atomic E-state index is 0.116. The molecule has 1 aromatic carbocycles. The first-order valence-electron chi connectivity index (χ1n) is 7.18. The van der Waals surface area contributed by atoms with E-state index in [-0.39, 0.29) is 11.5 Å². The summed E-state index contributed by atoms with van der Waals surface area (Å²) in [5.74, 6) is -0.138. The maximum Gasteiger partial charge on any atom is 0.335 e. The molecule has 1 amide bonds. The number of aromatic carboxylic acids is 1. The standard InChI is InChI=1S/C17H16N2O3/c1-11-14(12-4-6-13(7-5-12)17(21)22)8-9-15(18-11)19-10-2-3-16(19)20/h4-9H,2-3,10H2,1H3,(H,21,22). The predicted octanol–water partition coefficient (Wildman–Crippen LogP) is 2.88. The van der Waals surface area contributed by atoms with Gasteiger partial charge >= 0.3 is 5.97 Å². The summed E-state index contributed by atoms with van der Waals surface area (Å²) in [5, 5.41) is 8.93. The van der Waals surface area contributed by atoms with Crippen molar-refractivity contribution in [2.45, 2.75) is 19.8 Å². The molecular weight excluding hydrogens is 280 g/mol. The van der Waals surface area contributed by atoms with Gasteiger partial charge in [-0.1, -0.05) is 12.1 Å². The van der Waals surface area contributed by atoms with Crippen molar-refractivity contribution in [3.63, 3.8) is 0 Å². The first-order chi connectivity index (χ1) is 10.6. The molecule has 0 atom stereocenters. The Balaban J connectivity index is 1.92. The largest absolute Gasteiger partial charge is 0.478 e. The summed E-state index contributed by atoms with van der Waals surface area (Å²) in [6, 6.07) is 10.5. The Morgan fingerprint density at radius 1 is 1.18 bits per heavy atom. The van der Waals surface area contributed by atoms with Gasteiger partial charge < -0.3 is 5.11 Å². The molecule has 2 heterocycles. The second kappa shape index (κ2) is 5.60. The van der Waals surface area contributed by atoms with Crippen LogP contribution in [0.2, 0.25) is 0 Å². The highest BCUT2D eigenvalue weighted by Crippen LogP contribution is 2.27. The molecule has 0 spiro atoms. The quantitative estimate of drug-likeness (QED) is 0.945. The lowest BCUT2D eigenvalue weighted by Crippen LogP contribution is -2.24. The highest BCUT2D eigenvalue weighted by Gasteiger charge is 2.23. The van der Waals surface area contributed by atoms with Crippen LogP contribution in [0.4, 0.5) is 5.82 Å². The lowest BCUT2D eigenvalue weighted by Gasteiger charge is -2.16. The minimum atomic E-state index is -0.940. The molecule has 5 heteroatoms. The van der Waals surface area contributed by atoms with Gasteiger partial charge in [0, 0.05) is 24.2 Å². The summed E-state index contributed by atoms with van der Waals surface area (Å²) >= 11 is 0. The maximum atomic E-state index is 11.8.